The molecule has 0 saturated carbocycles. The monoisotopic (exact) mass is 666 g/mol. The van der Waals surface area contributed by atoms with Crippen molar-refractivity contribution in [1.29, 1.82) is 0 Å². The van der Waals surface area contributed by atoms with Crippen LogP contribution in [-0.2, 0) is 20.9 Å². The molecule has 248 valence electrons. The molecule has 46 heavy (non-hydrogen) atoms. The molecule has 2 aromatic rings. The van der Waals surface area contributed by atoms with E-state index < -0.39 is 0 Å². The molecular formula is C36H47ClN4O4S. The van der Waals surface area contributed by atoms with Gasteiger partial charge in [0.25, 0.3) is 0 Å². The minimum atomic E-state index is -0.107. The van der Waals surface area contributed by atoms with E-state index in [4.69, 9.17) is 27.1 Å². The number of rotatable bonds is 12. The van der Waals surface area contributed by atoms with Crippen LogP contribution in [0.3, 0.4) is 0 Å². The molecule has 0 bridgehead atoms. The maximum atomic E-state index is 12.8. The summed E-state index contributed by atoms with van der Waals surface area (Å²) in [7, 11) is 0. The molecule has 8 nitrogen and oxygen atoms in total. The number of amidine groups is 1. The Morgan fingerprint density at radius 1 is 1.26 bits per heavy atom. The van der Waals surface area contributed by atoms with Crippen LogP contribution in [0, 0.1) is 12.8 Å². The SMILES string of the molecule is C=C(S/C(=C\CCCC)C(=O)C(C)C)c1cc(N=C(C)N(C=O)Cc2ccc(Cl)cc2)c(C)cc1N.O=C1OCC2CCCCN12. The Balaban J connectivity index is 0.000000481. The summed E-state index contributed by atoms with van der Waals surface area (Å²) in [5, 5.41) is 0.642. The van der Waals surface area contributed by atoms with Gasteiger partial charge >= 0.3 is 6.09 Å². The Bertz CT molecular complexity index is 1450. The van der Waals surface area contributed by atoms with E-state index in [9.17, 15) is 14.4 Å². The van der Waals surface area contributed by atoms with Crippen LogP contribution < -0.4 is 5.73 Å². The van der Waals surface area contributed by atoms with Gasteiger partial charge in [-0.15, -0.1) is 0 Å². The Morgan fingerprint density at radius 2 is 1.98 bits per heavy atom. The van der Waals surface area contributed by atoms with Gasteiger partial charge < -0.3 is 15.4 Å². The van der Waals surface area contributed by atoms with Crippen LogP contribution in [0.5, 0.6) is 0 Å². The van der Waals surface area contributed by atoms with Gasteiger partial charge in [-0.25, -0.2) is 9.79 Å². The number of carbonyl (C=O) groups is 3. The molecule has 0 spiro atoms. The zero-order valence-electron chi connectivity index (χ0n) is 27.7. The number of cyclic esters (lactones) is 1. The van der Waals surface area contributed by atoms with E-state index in [1.54, 1.807) is 19.1 Å². The van der Waals surface area contributed by atoms with Crippen molar-refractivity contribution >= 4 is 63.8 Å². The summed E-state index contributed by atoms with van der Waals surface area (Å²) in [5.74, 6) is 0.541. The van der Waals surface area contributed by atoms with Gasteiger partial charge in [-0.2, -0.15) is 0 Å². The lowest BCUT2D eigenvalue weighted by Gasteiger charge is -2.25. The number of allylic oxidation sites excluding steroid dienone is 2. The van der Waals surface area contributed by atoms with Crippen molar-refractivity contribution in [2.75, 3.05) is 18.9 Å². The molecule has 0 aliphatic carbocycles. The minimum Gasteiger partial charge on any atom is -0.447 e. The van der Waals surface area contributed by atoms with Crippen LogP contribution in [0.1, 0.15) is 82.9 Å². The number of aryl methyl sites for hydroxylation is 1. The second-order valence-corrected chi connectivity index (χ2v) is 13.5. The number of hydrogen-bond donors (Lipinski definition) is 1. The van der Waals surface area contributed by atoms with Crippen molar-refractivity contribution in [3.05, 3.63) is 75.7 Å². The van der Waals surface area contributed by atoms with Crippen molar-refractivity contribution in [3.63, 3.8) is 0 Å². The predicted molar refractivity (Wildman–Crippen MR) is 191 cm³/mol. The number of nitrogens with two attached hydrogens (primary N) is 1. The number of carbonyl (C=O) groups excluding carboxylic acids is 3. The molecule has 2 aliphatic heterocycles. The highest BCUT2D eigenvalue weighted by Gasteiger charge is 2.34. The number of aliphatic imine (C=N–C) groups is 1. The second-order valence-electron chi connectivity index (χ2n) is 11.9. The summed E-state index contributed by atoms with van der Waals surface area (Å²) in [6, 6.07) is 11.5. The number of ether oxygens (including phenoxy) is 1. The van der Waals surface area contributed by atoms with Crippen molar-refractivity contribution in [3.8, 4) is 0 Å². The predicted octanol–water partition coefficient (Wildman–Crippen LogP) is 8.93. The van der Waals surface area contributed by atoms with Gasteiger partial charge in [0.05, 0.1) is 23.2 Å². The summed E-state index contributed by atoms with van der Waals surface area (Å²) in [4.78, 5) is 45.0. The number of unbranched alkanes of at least 4 members (excludes halogenated alkanes) is 2. The molecule has 2 aromatic carbocycles. The number of amides is 2. The number of fused-ring (bicyclic) bond motifs is 1. The number of nitrogen functional groups attached to an aromatic ring is 1. The fourth-order valence-electron chi connectivity index (χ4n) is 5.10. The number of halogens is 1. The lowest BCUT2D eigenvalue weighted by molar-refractivity contribution is -0.117. The van der Waals surface area contributed by atoms with Crippen molar-refractivity contribution in [1.82, 2.24) is 9.80 Å². The Morgan fingerprint density at radius 3 is 2.61 bits per heavy atom. The van der Waals surface area contributed by atoms with Crippen LogP contribution in [0.2, 0.25) is 5.02 Å². The number of thioether (sulfide) groups is 1. The number of nitrogens with zero attached hydrogens (tertiary/aromatic N) is 3. The molecule has 1 atom stereocenters. The van der Waals surface area contributed by atoms with Gasteiger partial charge in [-0.1, -0.05) is 81.8 Å². The molecule has 10 heteroatoms. The third-order valence-corrected chi connectivity index (χ3v) is 9.21. The highest BCUT2D eigenvalue weighted by Crippen LogP contribution is 2.39. The van der Waals surface area contributed by atoms with Gasteiger partial charge in [0.2, 0.25) is 6.41 Å². The third kappa shape index (κ3) is 10.5. The maximum absolute atomic E-state index is 12.8. The molecule has 2 N–H and O–H groups in total. The lowest BCUT2D eigenvalue weighted by Crippen LogP contribution is -2.37. The Labute approximate surface area is 283 Å². The van der Waals surface area contributed by atoms with Crippen LogP contribution >= 0.6 is 23.4 Å². The van der Waals surface area contributed by atoms with Crippen LogP contribution in [0.15, 0.2) is 59.0 Å². The average Bonchev–Trinajstić information content (AvgIpc) is 3.41. The number of hydrogen-bond acceptors (Lipinski definition) is 7. The van der Waals surface area contributed by atoms with Crippen LogP contribution in [-0.4, -0.2) is 53.1 Å². The third-order valence-electron chi connectivity index (χ3n) is 7.91. The largest absolute Gasteiger partial charge is 0.447 e. The smallest absolute Gasteiger partial charge is 0.410 e. The number of Topliss-reactive ketones (excluding diaryl/α,β-unsaturated/α-hetero) is 1. The normalized spacial score (nSPS) is 16.4. The first-order chi connectivity index (χ1) is 21.9. The molecule has 1 unspecified atom stereocenters. The van der Waals surface area contributed by atoms with Gasteiger partial charge in [0.15, 0.2) is 5.78 Å². The Kier molecular flexibility index (Phi) is 14.4. The first kappa shape index (κ1) is 36.9. The molecule has 2 heterocycles. The average molecular weight is 667 g/mol. The zero-order chi connectivity index (χ0) is 33.8. The quantitative estimate of drug-likeness (QED) is 0.0606. The number of benzene rings is 2. The summed E-state index contributed by atoms with van der Waals surface area (Å²) in [6.45, 7) is 15.8. The first-order valence-electron chi connectivity index (χ1n) is 15.9. The topological polar surface area (TPSA) is 105 Å². The van der Waals surface area contributed by atoms with E-state index in [1.165, 1.54) is 23.1 Å². The number of piperidine rings is 1. The fourth-order valence-corrected chi connectivity index (χ4v) is 6.32. The van der Waals surface area contributed by atoms with Crippen molar-refractivity contribution < 1.29 is 19.1 Å². The van der Waals surface area contributed by atoms with E-state index in [1.807, 2.05) is 56.0 Å². The molecule has 0 aromatic heterocycles. The van der Waals surface area contributed by atoms with E-state index in [-0.39, 0.29) is 17.8 Å². The summed E-state index contributed by atoms with van der Waals surface area (Å²) in [5.41, 5.74) is 10.2. The maximum Gasteiger partial charge on any atom is 0.410 e. The second kappa shape index (κ2) is 18.0. The minimum absolute atomic E-state index is 0.0980. The lowest BCUT2D eigenvalue weighted by atomic mass is 10.0. The highest BCUT2D eigenvalue weighted by molar-refractivity contribution is 8.12. The summed E-state index contributed by atoms with van der Waals surface area (Å²) in [6.07, 6.45) is 9.12. The molecule has 2 aliphatic rings. The van der Waals surface area contributed by atoms with E-state index in [0.717, 1.165) is 61.7 Å². The van der Waals surface area contributed by atoms with E-state index >= 15 is 0 Å². The van der Waals surface area contributed by atoms with Gasteiger partial charge in [0, 0.05) is 33.6 Å². The molecule has 0 radical (unpaired) electrons. The van der Waals surface area contributed by atoms with E-state index in [2.05, 4.69) is 13.5 Å². The molecular weight excluding hydrogens is 620 g/mol. The fraction of sp³-hybridized carbons (Fsp3) is 0.444. The Hall–Kier alpha value is -3.56. The van der Waals surface area contributed by atoms with Crippen LogP contribution in [0.4, 0.5) is 16.2 Å². The summed E-state index contributed by atoms with van der Waals surface area (Å²) < 4.78 is 4.89. The van der Waals surface area contributed by atoms with Gasteiger partial charge in [-0.05, 0) is 74.9 Å². The van der Waals surface area contributed by atoms with Gasteiger partial charge in [0.1, 0.15) is 12.4 Å². The number of anilines is 1. The van der Waals surface area contributed by atoms with Gasteiger partial charge in [-0.3, -0.25) is 14.5 Å². The highest BCUT2D eigenvalue weighted by atomic mass is 35.5. The van der Waals surface area contributed by atoms with E-state index in [0.29, 0.717) is 51.2 Å². The molecule has 2 fully saturated rings. The first-order valence-corrected chi connectivity index (χ1v) is 17.1. The van der Waals surface area contributed by atoms with Crippen molar-refractivity contribution in [2.45, 2.75) is 85.7 Å². The zero-order valence-corrected chi connectivity index (χ0v) is 29.3. The van der Waals surface area contributed by atoms with Crippen LogP contribution in [0.25, 0.3) is 4.91 Å². The standard InChI is InChI=1S/C29H36ClN3O2S.C7H11NO2/c1-7-8-9-10-28(29(35)19(2)3)36-21(5)25-16-27(20(4)15-26(25)31)32-22(6)33(18-34)17-23-11-13-24(30)14-12-23;9-7-8-4-2-1-3-6(8)5-10-7/h10-16,18-19H,5,7-9,17,31H2,1-4,6H3;6H,1-5H2/b28-10-,32-22?;. The van der Waals surface area contributed by atoms with Crippen molar-refractivity contribution in [2.24, 2.45) is 10.9 Å². The molecule has 2 saturated heterocycles. The molecule has 2 amide bonds. The summed E-state index contributed by atoms with van der Waals surface area (Å²) >= 11 is 7.33. The molecule has 4 rings (SSSR count). The number of ketones is 1.